The molecule has 0 aliphatic carbocycles. The van der Waals surface area contributed by atoms with Gasteiger partial charge in [0.25, 0.3) is 11.5 Å². The van der Waals surface area contributed by atoms with Gasteiger partial charge in [0.15, 0.2) is 5.69 Å². The highest BCUT2D eigenvalue weighted by Gasteiger charge is 2.16. The summed E-state index contributed by atoms with van der Waals surface area (Å²) in [5.41, 5.74) is 3.65. The molecule has 0 spiro atoms. The molecule has 2 aromatic carbocycles. The number of hydrazone groups is 1. The van der Waals surface area contributed by atoms with Crippen LogP contribution in [0.15, 0.2) is 64.5 Å². The molecular formula is C21H22N4O2. The fourth-order valence-electron chi connectivity index (χ4n) is 2.87. The predicted octanol–water partition coefficient (Wildman–Crippen LogP) is 3.33. The van der Waals surface area contributed by atoms with E-state index in [1.165, 1.54) is 4.68 Å². The largest absolute Gasteiger partial charge is 0.292 e. The van der Waals surface area contributed by atoms with E-state index < -0.39 is 5.91 Å². The number of benzene rings is 2. The summed E-state index contributed by atoms with van der Waals surface area (Å²) < 4.78 is 1.34. The highest BCUT2D eigenvalue weighted by Crippen LogP contribution is 2.14. The first-order chi connectivity index (χ1) is 13.1. The summed E-state index contributed by atoms with van der Waals surface area (Å²) in [6.45, 7) is 4.41. The van der Waals surface area contributed by atoms with E-state index >= 15 is 0 Å². The Balaban J connectivity index is 1.86. The van der Waals surface area contributed by atoms with E-state index in [0.717, 1.165) is 12.0 Å². The third-order valence-corrected chi connectivity index (χ3v) is 4.31. The number of rotatable bonds is 6. The van der Waals surface area contributed by atoms with Gasteiger partial charge in [-0.15, -0.1) is 0 Å². The maximum Gasteiger partial charge on any atom is 0.292 e. The quantitative estimate of drug-likeness (QED) is 0.540. The van der Waals surface area contributed by atoms with Gasteiger partial charge in [-0.1, -0.05) is 62.4 Å². The van der Waals surface area contributed by atoms with Crippen LogP contribution in [0.3, 0.4) is 0 Å². The molecule has 27 heavy (non-hydrogen) atoms. The van der Waals surface area contributed by atoms with Crippen molar-refractivity contribution in [2.45, 2.75) is 32.7 Å². The first-order valence-corrected chi connectivity index (χ1v) is 9.00. The number of nitrogens with zero attached hydrogens (tertiary/aromatic N) is 3. The molecule has 3 aromatic rings. The Morgan fingerprint density at radius 1 is 1.15 bits per heavy atom. The first-order valence-electron chi connectivity index (χ1n) is 9.00. The molecule has 0 bridgehead atoms. The number of carbonyl (C=O) groups is 1. The maximum absolute atomic E-state index is 12.6. The molecule has 138 valence electrons. The summed E-state index contributed by atoms with van der Waals surface area (Å²) in [7, 11) is 0. The van der Waals surface area contributed by atoms with E-state index in [-0.39, 0.29) is 17.2 Å². The van der Waals surface area contributed by atoms with E-state index in [0.29, 0.717) is 17.3 Å². The van der Waals surface area contributed by atoms with Crippen molar-refractivity contribution >= 4 is 22.9 Å². The lowest BCUT2D eigenvalue weighted by Gasteiger charge is -2.09. The molecule has 0 fully saturated rings. The van der Waals surface area contributed by atoms with Gasteiger partial charge in [-0.3, -0.25) is 9.59 Å². The average Bonchev–Trinajstić information content (AvgIpc) is 2.70. The highest BCUT2D eigenvalue weighted by molar-refractivity contribution is 6.04. The van der Waals surface area contributed by atoms with Crippen LogP contribution in [0.4, 0.5) is 0 Å². The van der Waals surface area contributed by atoms with Crippen LogP contribution in [-0.2, 0) is 6.54 Å². The number of hydrogen-bond acceptors (Lipinski definition) is 4. The minimum Gasteiger partial charge on any atom is -0.267 e. The van der Waals surface area contributed by atoms with Crippen LogP contribution < -0.4 is 11.0 Å². The molecule has 0 aliphatic rings. The number of hydrogen-bond donors (Lipinski definition) is 1. The zero-order valence-electron chi connectivity index (χ0n) is 15.4. The molecule has 0 saturated carbocycles. The molecule has 6 nitrogen and oxygen atoms in total. The fraction of sp³-hybridized carbons (Fsp3) is 0.238. The summed E-state index contributed by atoms with van der Waals surface area (Å²) in [5, 5.41) is 9.35. The molecule has 0 radical (unpaired) electrons. The van der Waals surface area contributed by atoms with Gasteiger partial charge in [0, 0.05) is 24.1 Å². The predicted molar refractivity (Wildman–Crippen MR) is 107 cm³/mol. The van der Waals surface area contributed by atoms with Gasteiger partial charge < -0.3 is 0 Å². The van der Waals surface area contributed by atoms with Gasteiger partial charge in [0.1, 0.15) is 0 Å². The zero-order valence-corrected chi connectivity index (χ0v) is 15.4. The molecule has 3 rings (SSSR count). The van der Waals surface area contributed by atoms with Gasteiger partial charge in [-0.2, -0.15) is 10.2 Å². The summed E-state index contributed by atoms with van der Waals surface area (Å²) >= 11 is 0. The second kappa shape index (κ2) is 8.40. The molecule has 6 heteroatoms. The number of carbonyl (C=O) groups excluding carboxylic acids is 1. The number of nitrogens with one attached hydrogen (secondary N) is 1. The van der Waals surface area contributed by atoms with Crippen LogP contribution in [0.25, 0.3) is 10.8 Å². The third-order valence-electron chi connectivity index (χ3n) is 4.31. The Morgan fingerprint density at radius 2 is 1.81 bits per heavy atom. The molecule has 0 saturated heterocycles. The first kappa shape index (κ1) is 18.5. The van der Waals surface area contributed by atoms with Crippen molar-refractivity contribution in [3.05, 3.63) is 76.2 Å². The summed E-state index contributed by atoms with van der Waals surface area (Å²) in [4.78, 5) is 25.1. The zero-order chi connectivity index (χ0) is 19.2. The van der Waals surface area contributed by atoms with E-state index in [4.69, 9.17) is 0 Å². The van der Waals surface area contributed by atoms with Crippen LogP contribution in [0.5, 0.6) is 0 Å². The Morgan fingerprint density at radius 3 is 2.52 bits per heavy atom. The van der Waals surface area contributed by atoms with E-state index in [2.05, 4.69) is 15.6 Å². The Kier molecular flexibility index (Phi) is 5.76. The van der Waals surface area contributed by atoms with Crippen LogP contribution >= 0.6 is 0 Å². The standard InChI is InChI=1S/C21H22N4O2/c1-3-13-25-21(27)18-12-8-7-11-17(18)19(24-25)20(26)23-22-14-15(2)16-9-5-4-6-10-16/h4-12,14-15H,3,13H2,1-2H3,(H,23,26)/b22-14-/t15-/m0/s1. The van der Waals surface area contributed by atoms with Crippen molar-refractivity contribution in [2.75, 3.05) is 0 Å². The lowest BCUT2D eigenvalue weighted by atomic mass is 10.0. The lowest BCUT2D eigenvalue weighted by Crippen LogP contribution is -2.29. The van der Waals surface area contributed by atoms with Crippen molar-refractivity contribution in [3.8, 4) is 0 Å². The summed E-state index contributed by atoms with van der Waals surface area (Å²) in [5.74, 6) is -0.377. The van der Waals surface area contributed by atoms with Gasteiger partial charge in [-0.25, -0.2) is 10.1 Å². The average molecular weight is 362 g/mol. The topological polar surface area (TPSA) is 76.3 Å². The van der Waals surface area contributed by atoms with E-state index in [1.54, 1.807) is 30.5 Å². The van der Waals surface area contributed by atoms with Crippen LogP contribution in [0.2, 0.25) is 0 Å². The van der Waals surface area contributed by atoms with Gasteiger partial charge in [-0.05, 0) is 18.1 Å². The minimum absolute atomic E-state index is 0.0604. The van der Waals surface area contributed by atoms with Crippen molar-refractivity contribution in [2.24, 2.45) is 5.10 Å². The Hall–Kier alpha value is -3.28. The number of aryl methyl sites for hydroxylation is 1. The second-order valence-electron chi connectivity index (χ2n) is 6.34. The normalized spacial score (nSPS) is 12.4. The van der Waals surface area contributed by atoms with E-state index in [1.807, 2.05) is 44.2 Å². The smallest absolute Gasteiger partial charge is 0.267 e. The SMILES string of the molecule is CCCn1nc(C(=O)N/N=C\[C@H](C)c2ccccc2)c2ccccc2c1=O. The van der Waals surface area contributed by atoms with Gasteiger partial charge in [0.2, 0.25) is 0 Å². The summed E-state index contributed by atoms with van der Waals surface area (Å²) in [6.07, 6.45) is 2.43. The molecule has 1 amide bonds. The van der Waals surface area contributed by atoms with Crippen LogP contribution in [-0.4, -0.2) is 21.9 Å². The third kappa shape index (κ3) is 4.11. The summed E-state index contributed by atoms with van der Waals surface area (Å²) in [6, 6.07) is 16.9. The van der Waals surface area contributed by atoms with Crippen molar-refractivity contribution in [3.63, 3.8) is 0 Å². The molecule has 0 unspecified atom stereocenters. The number of amides is 1. The lowest BCUT2D eigenvalue weighted by molar-refractivity contribution is 0.0949. The molecule has 1 atom stereocenters. The van der Waals surface area contributed by atoms with Crippen molar-refractivity contribution < 1.29 is 4.79 Å². The fourth-order valence-corrected chi connectivity index (χ4v) is 2.87. The molecule has 0 aliphatic heterocycles. The van der Waals surface area contributed by atoms with Crippen LogP contribution in [0.1, 0.15) is 42.2 Å². The minimum atomic E-state index is -0.437. The molecule has 1 N–H and O–H groups in total. The monoisotopic (exact) mass is 362 g/mol. The van der Waals surface area contributed by atoms with E-state index in [9.17, 15) is 9.59 Å². The van der Waals surface area contributed by atoms with Crippen LogP contribution in [0, 0.1) is 0 Å². The second-order valence-corrected chi connectivity index (χ2v) is 6.34. The molecule has 1 heterocycles. The Bertz CT molecular complexity index is 1030. The molecule has 1 aromatic heterocycles. The van der Waals surface area contributed by atoms with Crippen molar-refractivity contribution in [1.82, 2.24) is 15.2 Å². The highest BCUT2D eigenvalue weighted by atomic mass is 16.2. The Labute approximate surface area is 157 Å². The number of aromatic nitrogens is 2. The van der Waals surface area contributed by atoms with Gasteiger partial charge >= 0.3 is 0 Å². The number of fused-ring (bicyclic) bond motifs is 1. The molecular weight excluding hydrogens is 340 g/mol. The van der Waals surface area contributed by atoms with Crippen molar-refractivity contribution in [1.29, 1.82) is 0 Å². The van der Waals surface area contributed by atoms with Gasteiger partial charge in [0.05, 0.1) is 5.39 Å². The maximum atomic E-state index is 12.6.